The van der Waals surface area contributed by atoms with E-state index in [0.717, 1.165) is 18.4 Å². The molecule has 16 heavy (non-hydrogen) atoms. The lowest BCUT2D eigenvalue weighted by atomic mass is 9.90. The summed E-state index contributed by atoms with van der Waals surface area (Å²) in [6.45, 7) is 20.1. The summed E-state index contributed by atoms with van der Waals surface area (Å²) in [6, 6.07) is 0. The number of allylic oxidation sites excluding steroid dienone is 6. The van der Waals surface area contributed by atoms with E-state index in [1.54, 1.807) is 0 Å². The van der Waals surface area contributed by atoms with Crippen LogP contribution in [0, 0.1) is 0 Å². The lowest BCUT2D eigenvalue weighted by molar-refractivity contribution is 0.951. The Bertz CT molecular complexity index is 274. The quantitative estimate of drug-likeness (QED) is 0.548. The summed E-state index contributed by atoms with van der Waals surface area (Å²) < 4.78 is 0. The van der Waals surface area contributed by atoms with E-state index in [0.29, 0.717) is 0 Å². The van der Waals surface area contributed by atoms with Gasteiger partial charge in [-0.25, -0.2) is 0 Å². The second-order valence-corrected chi connectivity index (χ2v) is 3.39. The molecule has 0 fully saturated rings. The van der Waals surface area contributed by atoms with Gasteiger partial charge in [-0.15, -0.1) is 0 Å². The molecule has 0 atom stereocenters. The Hall–Kier alpha value is -1.04. The molecule has 0 bridgehead atoms. The number of hydrogen-bond acceptors (Lipinski definition) is 0. The van der Waals surface area contributed by atoms with Crippen LogP contribution in [-0.4, -0.2) is 0 Å². The Morgan fingerprint density at radius 1 is 1.00 bits per heavy atom. The monoisotopic (exact) mass is 220 g/mol. The summed E-state index contributed by atoms with van der Waals surface area (Å²) in [5.41, 5.74) is 4.99. The smallest absolute Gasteiger partial charge is 0.0202 e. The molecule has 0 spiro atoms. The Kier molecular flexibility index (Phi) is 11.4. The fourth-order valence-corrected chi connectivity index (χ4v) is 1.51. The highest BCUT2D eigenvalue weighted by Crippen LogP contribution is 2.27. The molecule has 0 saturated heterocycles. The Labute approximate surface area is 102 Å². The van der Waals surface area contributed by atoms with E-state index in [2.05, 4.69) is 32.2 Å². The van der Waals surface area contributed by atoms with E-state index < -0.39 is 0 Å². The van der Waals surface area contributed by atoms with Gasteiger partial charge in [0.05, 0.1) is 0 Å². The van der Waals surface area contributed by atoms with Crippen molar-refractivity contribution in [2.75, 3.05) is 0 Å². The van der Waals surface area contributed by atoms with Gasteiger partial charge in [-0.3, -0.25) is 0 Å². The van der Waals surface area contributed by atoms with E-state index in [1.807, 2.05) is 34.6 Å². The van der Waals surface area contributed by atoms with Gasteiger partial charge in [0.1, 0.15) is 0 Å². The largest absolute Gasteiger partial charge is 0.0958 e. The molecule has 1 aliphatic rings. The van der Waals surface area contributed by atoms with E-state index >= 15 is 0 Å². The SMILES string of the molecule is C=C(C)C1=C(C(=C)C)CCC=C1.CC.CC. The molecule has 0 heterocycles. The third-order valence-corrected chi connectivity index (χ3v) is 2.15. The van der Waals surface area contributed by atoms with Crippen molar-refractivity contribution in [1.82, 2.24) is 0 Å². The fourth-order valence-electron chi connectivity index (χ4n) is 1.51. The lowest BCUT2D eigenvalue weighted by Crippen LogP contribution is -1.96. The Balaban J connectivity index is 0. The molecule has 0 radical (unpaired) electrons. The zero-order chi connectivity index (χ0) is 13.1. The standard InChI is InChI=1S/C12H16.2C2H6/c1-9(2)11-7-5-6-8-12(11)10(3)4;2*1-2/h5,7H,1,3,6,8H2,2,4H3;2*1-2H3. The average Bonchev–Trinajstić information content (AvgIpc) is 2.34. The highest BCUT2D eigenvalue weighted by molar-refractivity contribution is 5.49. The van der Waals surface area contributed by atoms with Crippen LogP contribution in [0.1, 0.15) is 54.4 Å². The molecule has 0 nitrogen and oxygen atoms in total. The third kappa shape index (κ3) is 5.75. The zero-order valence-electron chi connectivity index (χ0n) is 12.0. The summed E-state index contributed by atoms with van der Waals surface area (Å²) in [7, 11) is 0. The Morgan fingerprint density at radius 3 is 1.81 bits per heavy atom. The predicted octanol–water partition coefficient (Wildman–Crippen LogP) is 5.84. The van der Waals surface area contributed by atoms with E-state index in [9.17, 15) is 0 Å². The van der Waals surface area contributed by atoms with Crippen molar-refractivity contribution in [3.8, 4) is 0 Å². The molecule has 0 heteroatoms. The van der Waals surface area contributed by atoms with Crippen LogP contribution in [0.2, 0.25) is 0 Å². The minimum absolute atomic E-state index is 1.12. The third-order valence-electron chi connectivity index (χ3n) is 2.15. The molecule has 0 aromatic carbocycles. The first kappa shape index (κ1) is 17.4. The van der Waals surface area contributed by atoms with Crippen LogP contribution in [0.25, 0.3) is 0 Å². The maximum atomic E-state index is 3.98. The average molecular weight is 220 g/mol. The second-order valence-electron chi connectivity index (χ2n) is 3.39. The molecule has 0 aliphatic heterocycles. The highest BCUT2D eigenvalue weighted by atomic mass is 14.1. The minimum atomic E-state index is 1.12. The van der Waals surface area contributed by atoms with Crippen LogP contribution in [0.4, 0.5) is 0 Å². The molecule has 0 N–H and O–H groups in total. The molecule has 0 saturated carbocycles. The topological polar surface area (TPSA) is 0 Å². The van der Waals surface area contributed by atoms with Crippen LogP contribution in [0.5, 0.6) is 0 Å². The summed E-state index contributed by atoms with van der Waals surface area (Å²) in [5, 5.41) is 0. The Morgan fingerprint density at radius 2 is 1.50 bits per heavy atom. The van der Waals surface area contributed by atoms with Crippen LogP contribution in [0.3, 0.4) is 0 Å². The maximum Gasteiger partial charge on any atom is -0.0202 e. The van der Waals surface area contributed by atoms with Gasteiger partial charge in [-0.1, -0.05) is 64.2 Å². The molecule has 0 aromatic heterocycles. The second kappa shape index (κ2) is 10.5. The van der Waals surface area contributed by atoms with Gasteiger partial charge >= 0.3 is 0 Å². The highest BCUT2D eigenvalue weighted by Gasteiger charge is 2.08. The van der Waals surface area contributed by atoms with Crippen LogP contribution in [-0.2, 0) is 0 Å². The first-order valence-corrected chi connectivity index (χ1v) is 6.34. The van der Waals surface area contributed by atoms with E-state index in [-0.39, 0.29) is 0 Å². The van der Waals surface area contributed by atoms with Gasteiger partial charge in [-0.05, 0) is 37.8 Å². The summed E-state index contributed by atoms with van der Waals surface area (Å²) >= 11 is 0. The molecule has 0 aromatic rings. The van der Waals surface area contributed by atoms with Crippen molar-refractivity contribution in [2.45, 2.75) is 54.4 Å². The lowest BCUT2D eigenvalue weighted by Gasteiger charge is -2.15. The number of hydrogen-bond donors (Lipinski definition) is 0. The van der Waals surface area contributed by atoms with Crippen LogP contribution < -0.4 is 0 Å². The predicted molar refractivity (Wildman–Crippen MR) is 77.7 cm³/mol. The molecule has 92 valence electrons. The maximum absolute atomic E-state index is 3.98. The summed E-state index contributed by atoms with van der Waals surface area (Å²) in [6.07, 6.45) is 6.62. The molecule has 1 rings (SSSR count). The zero-order valence-corrected chi connectivity index (χ0v) is 12.0. The normalized spacial score (nSPS) is 13.1. The van der Waals surface area contributed by atoms with Crippen molar-refractivity contribution in [3.05, 3.63) is 47.6 Å². The molecule has 1 aliphatic carbocycles. The van der Waals surface area contributed by atoms with Gasteiger partial charge < -0.3 is 0 Å². The van der Waals surface area contributed by atoms with Crippen molar-refractivity contribution in [3.63, 3.8) is 0 Å². The van der Waals surface area contributed by atoms with E-state index in [4.69, 9.17) is 0 Å². The first-order valence-electron chi connectivity index (χ1n) is 6.34. The molecular formula is C16H28. The van der Waals surface area contributed by atoms with E-state index in [1.165, 1.54) is 16.7 Å². The van der Waals surface area contributed by atoms with Gasteiger partial charge in [0.25, 0.3) is 0 Å². The summed E-state index contributed by atoms with van der Waals surface area (Å²) in [5.74, 6) is 0. The van der Waals surface area contributed by atoms with Gasteiger partial charge in [0.2, 0.25) is 0 Å². The molecule has 0 unspecified atom stereocenters. The van der Waals surface area contributed by atoms with Gasteiger partial charge in [-0.2, -0.15) is 0 Å². The molecular weight excluding hydrogens is 192 g/mol. The van der Waals surface area contributed by atoms with Crippen molar-refractivity contribution in [1.29, 1.82) is 0 Å². The van der Waals surface area contributed by atoms with Crippen LogP contribution in [0.15, 0.2) is 47.6 Å². The van der Waals surface area contributed by atoms with Gasteiger partial charge in [0.15, 0.2) is 0 Å². The first-order chi connectivity index (χ1) is 7.63. The molecule has 0 amide bonds. The fraction of sp³-hybridized carbons (Fsp3) is 0.500. The van der Waals surface area contributed by atoms with Crippen molar-refractivity contribution >= 4 is 0 Å². The number of rotatable bonds is 2. The van der Waals surface area contributed by atoms with Crippen molar-refractivity contribution in [2.24, 2.45) is 0 Å². The summed E-state index contributed by atoms with van der Waals surface area (Å²) in [4.78, 5) is 0. The van der Waals surface area contributed by atoms with Crippen LogP contribution >= 0.6 is 0 Å². The van der Waals surface area contributed by atoms with Gasteiger partial charge in [0, 0.05) is 0 Å². The van der Waals surface area contributed by atoms with Crippen molar-refractivity contribution < 1.29 is 0 Å². The minimum Gasteiger partial charge on any atom is -0.0958 e.